The van der Waals surface area contributed by atoms with E-state index < -0.39 is 0 Å². The summed E-state index contributed by atoms with van der Waals surface area (Å²) in [6, 6.07) is 16.3. The molecule has 2 aromatic rings. The number of hydrogen-bond acceptors (Lipinski definition) is 2. The van der Waals surface area contributed by atoms with Crippen LogP contribution in [0.4, 0.5) is 0 Å². The van der Waals surface area contributed by atoms with Gasteiger partial charge in [-0.3, -0.25) is 4.79 Å². The van der Waals surface area contributed by atoms with Gasteiger partial charge in [0, 0.05) is 14.1 Å². The number of amides is 1. The van der Waals surface area contributed by atoms with Crippen molar-refractivity contribution in [3.05, 3.63) is 70.8 Å². The van der Waals surface area contributed by atoms with Crippen LogP contribution in [0, 0.1) is 6.92 Å². The van der Waals surface area contributed by atoms with Gasteiger partial charge >= 0.3 is 0 Å². The first-order valence-corrected chi connectivity index (χ1v) is 7.46. The Morgan fingerprint density at radius 2 is 1.68 bits per heavy atom. The van der Waals surface area contributed by atoms with Crippen molar-refractivity contribution in [2.24, 2.45) is 0 Å². The minimum atomic E-state index is 0.121. The molecule has 0 saturated heterocycles. The van der Waals surface area contributed by atoms with Gasteiger partial charge in [0.2, 0.25) is 5.91 Å². The minimum absolute atomic E-state index is 0.121. The molecule has 0 aliphatic heterocycles. The Bertz CT molecular complexity index is 621. The van der Waals surface area contributed by atoms with Crippen LogP contribution in [0.25, 0.3) is 0 Å². The summed E-state index contributed by atoms with van der Waals surface area (Å²) in [5.41, 5.74) is 4.52. The third-order valence-electron chi connectivity index (χ3n) is 3.63. The monoisotopic (exact) mass is 297 g/mol. The van der Waals surface area contributed by atoms with Crippen molar-refractivity contribution < 1.29 is 9.53 Å². The fourth-order valence-corrected chi connectivity index (χ4v) is 2.23. The van der Waals surface area contributed by atoms with Crippen LogP contribution < -0.4 is 0 Å². The van der Waals surface area contributed by atoms with Crippen molar-refractivity contribution in [3.63, 3.8) is 0 Å². The molecule has 0 atom stereocenters. The molecule has 0 aromatic heterocycles. The molecule has 2 rings (SSSR count). The van der Waals surface area contributed by atoms with E-state index in [0.29, 0.717) is 19.6 Å². The van der Waals surface area contributed by atoms with Crippen LogP contribution in [0.15, 0.2) is 48.5 Å². The van der Waals surface area contributed by atoms with Crippen molar-refractivity contribution >= 4 is 5.91 Å². The number of benzene rings is 2. The van der Waals surface area contributed by atoms with Gasteiger partial charge in [0.05, 0.1) is 19.6 Å². The maximum atomic E-state index is 11.8. The first kappa shape index (κ1) is 16.2. The summed E-state index contributed by atoms with van der Waals surface area (Å²) in [6.45, 7) is 3.23. The van der Waals surface area contributed by atoms with Gasteiger partial charge in [0.25, 0.3) is 0 Å². The molecule has 3 nitrogen and oxygen atoms in total. The number of rotatable bonds is 6. The Balaban J connectivity index is 1.90. The van der Waals surface area contributed by atoms with Gasteiger partial charge in [0.1, 0.15) is 0 Å². The third kappa shape index (κ3) is 4.71. The molecule has 22 heavy (non-hydrogen) atoms. The highest BCUT2D eigenvalue weighted by atomic mass is 16.5. The van der Waals surface area contributed by atoms with Gasteiger partial charge in [-0.2, -0.15) is 0 Å². The molecule has 0 spiro atoms. The van der Waals surface area contributed by atoms with Crippen LogP contribution >= 0.6 is 0 Å². The molecule has 0 aliphatic carbocycles. The number of hydrogen-bond donors (Lipinski definition) is 0. The minimum Gasteiger partial charge on any atom is -0.372 e. The zero-order valence-electron chi connectivity index (χ0n) is 13.5. The lowest BCUT2D eigenvalue weighted by Gasteiger charge is -2.13. The summed E-state index contributed by atoms with van der Waals surface area (Å²) < 4.78 is 5.74. The van der Waals surface area contributed by atoms with Crippen molar-refractivity contribution in [3.8, 4) is 0 Å². The molecular weight excluding hydrogens is 274 g/mol. The van der Waals surface area contributed by atoms with E-state index in [9.17, 15) is 4.79 Å². The molecule has 0 N–H and O–H groups in total. The topological polar surface area (TPSA) is 29.5 Å². The van der Waals surface area contributed by atoms with Gasteiger partial charge in [-0.05, 0) is 29.2 Å². The smallest absolute Gasteiger partial charge is 0.226 e. The number of likely N-dealkylation sites (N-methyl/N-ethyl adjacent to an activating group) is 1. The molecular formula is C19H23NO2. The van der Waals surface area contributed by atoms with E-state index in [1.165, 1.54) is 5.56 Å². The van der Waals surface area contributed by atoms with Crippen LogP contribution in [0.1, 0.15) is 22.3 Å². The second-order valence-electron chi connectivity index (χ2n) is 5.70. The Morgan fingerprint density at radius 3 is 2.32 bits per heavy atom. The van der Waals surface area contributed by atoms with Crippen LogP contribution in [-0.4, -0.2) is 24.9 Å². The Morgan fingerprint density at radius 1 is 1.00 bits per heavy atom. The number of carbonyl (C=O) groups is 1. The summed E-state index contributed by atoms with van der Waals surface area (Å²) in [6.07, 6.45) is 0.448. The molecule has 2 aromatic carbocycles. The van der Waals surface area contributed by atoms with Crippen LogP contribution in [-0.2, 0) is 29.2 Å². The molecule has 0 bridgehead atoms. The van der Waals surface area contributed by atoms with Crippen LogP contribution in [0.3, 0.4) is 0 Å². The van der Waals surface area contributed by atoms with Crippen molar-refractivity contribution in [2.75, 3.05) is 14.1 Å². The average Bonchev–Trinajstić information content (AvgIpc) is 2.51. The third-order valence-corrected chi connectivity index (χ3v) is 3.63. The summed E-state index contributed by atoms with van der Waals surface area (Å²) >= 11 is 0. The fraction of sp³-hybridized carbons (Fsp3) is 0.316. The first-order chi connectivity index (χ1) is 10.6. The molecule has 3 heteroatoms. The van der Waals surface area contributed by atoms with E-state index in [1.54, 1.807) is 19.0 Å². The zero-order chi connectivity index (χ0) is 15.9. The normalized spacial score (nSPS) is 10.5. The molecule has 116 valence electrons. The molecule has 0 aliphatic rings. The quantitative estimate of drug-likeness (QED) is 0.818. The van der Waals surface area contributed by atoms with E-state index >= 15 is 0 Å². The number of nitrogens with zero attached hydrogens (tertiary/aromatic N) is 1. The van der Waals surface area contributed by atoms with Gasteiger partial charge < -0.3 is 9.64 Å². The lowest BCUT2D eigenvalue weighted by atomic mass is 10.0. The van der Waals surface area contributed by atoms with E-state index in [2.05, 4.69) is 18.2 Å². The standard InChI is InChI=1S/C19H23NO2/c1-15-11-17(9-10-18(15)12-19(21)20(2)3)14-22-13-16-7-5-4-6-8-16/h4-11H,12-14H2,1-3H3. The van der Waals surface area contributed by atoms with E-state index in [1.807, 2.05) is 37.3 Å². The van der Waals surface area contributed by atoms with Gasteiger partial charge in [-0.15, -0.1) is 0 Å². The van der Waals surface area contributed by atoms with Crippen molar-refractivity contribution in [1.82, 2.24) is 4.90 Å². The average molecular weight is 297 g/mol. The van der Waals surface area contributed by atoms with E-state index in [0.717, 1.165) is 16.7 Å². The molecule has 0 radical (unpaired) electrons. The Hall–Kier alpha value is -2.13. The van der Waals surface area contributed by atoms with Crippen molar-refractivity contribution in [1.29, 1.82) is 0 Å². The SMILES string of the molecule is Cc1cc(COCc2ccccc2)ccc1CC(=O)N(C)C. The summed E-state index contributed by atoms with van der Waals surface area (Å²) in [5.74, 6) is 0.121. The van der Waals surface area contributed by atoms with Crippen LogP contribution in [0.5, 0.6) is 0 Å². The zero-order valence-corrected chi connectivity index (χ0v) is 13.5. The predicted octanol–water partition coefficient (Wildman–Crippen LogP) is 3.34. The lowest BCUT2D eigenvalue weighted by Crippen LogP contribution is -2.23. The van der Waals surface area contributed by atoms with Gasteiger partial charge in [0.15, 0.2) is 0 Å². The Kier molecular flexibility index (Phi) is 5.73. The maximum absolute atomic E-state index is 11.8. The predicted molar refractivity (Wildman–Crippen MR) is 88.5 cm³/mol. The largest absolute Gasteiger partial charge is 0.372 e. The second-order valence-corrected chi connectivity index (χ2v) is 5.70. The number of aryl methyl sites for hydroxylation is 1. The van der Waals surface area contributed by atoms with E-state index in [4.69, 9.17) is 4.74 Å². The Labute approximate surface area is 132 Å². The molecule has 0 unspecified atom stereocenters. The second kappa shape index (κ2) is 7.76. The lowest BCUT2D eigenvalue weighted by molar-refractivity contribution is -0.127. The van der Waals surface area contributed by atoms with Gasteiger partial charge in [-0.1, -0.05) is 48.5 Å². The number of carbonyl (C=O) groups excluding carboxylic acids is 1. The van der Waals surface area contributed by atoms with E-state index in [-0.39, 0.29) is 5.91 Å². The fourth-order valence-electron chi connectivity index (χ4n) is 2.23. The molecule has 0 heterocycles. The first-order valence-electron chi connectivity index (χ1n) is 7.46. The maximum Gasteiger partial charge on any atom is 0.226 e. The molecule has 0 saturated carbocycles. The molecule has 0 fully saturated rings. The van der Waals surface area contributed by atoms with Crippen LogP contribution in [0.2, 0.25) is 0 Å². The van der Waals surface area contributed by atoms with Gasteiger partial charge in [-0.25, -0.2) is 0 Å². The summed E-state index contributed by atoms with van der Waals surface area (Å²) in [5, 5.41) is 0. The number of ether oxygens (including phenoxy) is 1. The summed E-state index contributed by atoms with van der Waals surface area (Å²) in [7, 11) is 3.56. The summed E-state index contributed by atoms with van der Waals surface area (Å²) in [4.78, 5) is 13.4. The van der Waals surface area contributed by atoms with Crippen molar-refractivity contribution in [2.45, 2.75) is 26.6 Å². The molecule has 1 amide bonds. The highest BCUT2D eigenvalue weighted by Crippen LogP contribution is 2.14. The highest BCUT2D eigenvalue weighted by Gasteiger charge is 2.08. The highest BCUT2D eigenvalue weighted by molar-refractivity contribution is 5.78.